The summed E-state index contributed by atoms with van der Waals surface area (Å²) in [5, 5.41) is 19.3. The predicted molar refractivity (Wildman–Crippen MR) is 108 cm³/mol. The molecule has 4 unspecified atom stereocenters. The van der Waals surface area contributed by atoms with Gasteiger partial charge < -0.3 is 10.2 Å². The Morgan fingerprint density at radius 1 is 1.14 bits per heavy atom. The molecular formula is C24H38O4. The van der Waals surface area contributed by atoms with Crippen LogP contribution < -0.4 is 0 Å². The number of carboxylic acid groups (broad SMARTS) is 1. The minimum Gasteiger partial charge on any atom is -0.481 e. The highest BCUT2D eigenvalue weighted by Gasteiger charge is 2.63. The summed E-state index contributed by atoms with van der Waals surface area (Å²) in [4.78, 5) is 24.7. The van der Waals surface area contributed by atoms with Crippen LogP contribution in [0, 0.1) is 46.3 Å². The average molecular weight is 391 g/mol. The number of carbonyl (C=O) groups is 2. The van der Waals surface area contributed by atoms with E-state index in [1.165, 1.54) is 12.8 Å². The third-order valence-electron chi connectivity index (χ3n) is 10.1. The molecule has 4 rings (SSSR count). The smallest absolute Gasteiger partial charge is 0.303 e. The zero-order valence-electron chi connectivity index (χ0n) is 17.8. The highest BCUT2D eigenvalue weighted by molar-refractivity contribution is 5.87. The lowest BCUT2D eigenvalue weighted by atomic mass is 9.44. The molecule has 158 valence electrons. The number of carbonyl (C=O) groups excluding carboxylic acids is 1. The Morgan fingerprint density at radius 2 is 1.89 bits per heavy atom. The van der Waals surface area contributed by atoms with Crippen molar-refractivity contribution in [2.75, 3.05) is 0 Å². The first-order valence-electron chi connectivity index (χ1n) is 11.6. The van der Waals surface area contributed by atoms with Crippen LogP contribution in [0.15, 0.2) is 0 Å². The fraction of sp³-hybridized carbons (Fsp3) is 0.917. The average Bonchev–Trinajstić information content (AvgIpc) is 3.00. The van der Waals surface area contributed by atoms with Crippen LogP contribution in [0.4, 0.5) is 0 Å². The number of Topliss-reactive ketones (excluding diaryl/α,β-unsaturated/α-hetero) is 1. The van der Waals surface area contributed by atoms with Crippen molar-refractivity contribution < 1.29 is 19.8 Å². The first-order chi connectivity index (χ1) is 13.2. The van der Waals surface area contributed by atoms with Gasteiger partial charge in [-0.05, 0) is 92.3 Å². The molecule has 0 aromatic carbocycles. The molecular weight excluding hydrogens is 352 g/mol. The topological polar surface area (TPSA) is 74.6 Å². The lowest BCUT2D eigenvalue weighted by molar-refractivity contribution is -0.160. The Kier molecular flexibility index (Phi) is 5.17. The maximum Gasteiger partial charge on any atom is 0.303 e. The van der Waals surface area contributed by atoms with Crippen LogP contribution in [0.2, 0.25) is 0 Å². The van der Waals surface area contributed by atoms with Gasteiger partial charge in [0.05, 0.1) is 6.10 Å². The molecule has 0 spiro atoms. The molecule has 0 amide bonds. The first kappa shape index (κ1) is 20.4. The molecule has 0 radical (unpaired) electrons. The molecule has 0 heterocycles. The fourth-order valence-corrected chi connectivity index (χ4v) is 8.44. The third-order valence-corrected chi connectivity index (χ3v) is 10.1. The number of carboxylic acids is 1. The van der Waals surface area contributed by atoms with E-state index >= 15 is 0 Å². The molecule has 4 aliphatic carbocycles. The molecule has 4 saturated carbocycles. The molecule has 4 heteroatoms. The van der Waals surface area contributed by atoms with Crippen molar-refractivity contribution in [2.45, 2.75) is 91.1 Å². The van der Waals surface area contributed by atoms with Gasteiger partial charge in [-0.3, -0.25) is 9.59 Å². The molecule has 0 aliphatic heterocycles. The fourth-order valence-electron chi connectivity index (χ4n) is 8.44. The van der Waals surface area contributed by atoms with E-state index in [-0.39, 0.29) is 23.4 Å². The Hall–Kier alpha value is -0.900. The molecule has 9 atom stereocenters. The number of fused-ring (bicyclic) bond motifs is 5. The van der Waals surface area contributed by atoms with Crippen molar-refractivity contribution in [2.24, 2.45) is 46.3 Å². The number of rotatable bonds is 4. The summed E-state index contributed by atoms with van der Waals surface area (Å²) in [5.74, 6) is 2.52. The van der Waals surface area contributed by atoms with Gasteiger partial charge in [0.25, 0.3) is 0 Å². The van der Waals surface area contributed by atoms with Gasteiger partial charge in [-0.1, -0.05) is 20.8 Å². The monoisotopic (exact) mass is 390 g/mol. The highest BCUT2D eigenvalue weighted by atomic mass is 16.4. The maximum absolute atomic E-state index is 13.6. The van der Waals surface area contributed by atoms with E-state index in [1.807, 2.05) is 0 Å². The van der Waals surface area contributed by atoms with Gasteiger partial charge in [-0.2, -0.15) is 0 Å². The number of aliphatic hydroxyl groups is 1. The van der Waals surface area contributed by atoms with Crippen LogP contribution in [-0.4, -0.2) is 28.1 Å². The van der Waals surface area contributed by atoms with Crippen molar-refractivity contribution in [1.82, 2.24) is 0 Å². The Labute approximate surface area is 169 Å². The largest absolute Gasteiger partial charge is 0.481 e. The van der Waals surface area contributed by atoms with E-state index in [1.54, 1.807) is 0 Å². The van der Waals surface area contributed by atoms with E-state index in [4.69, 9.17) is 5.11 Å². The number of ketones is 1. The van der Waals surface area contributed by atoms with Crippen LogP contribution >= 0.6 is 0 Å². The van der Waals surface area contributed by atoms with Gasteiger partial charge in [-0.15, -0.1) is 0 Å². The maximum atomic E-state index is 13.6. The minimum atomic E-state index is -0.729. The number of hydrogen-bond donors (Lipinski definition) is 2. The van der Waals surface area contributed by atoms with Gasteiger partial charge >= 0.3 is 5.97 Å². The van der Waals surface area contributed by atoms with Gasteiger partial charge in [0.15, 0.2) is 0 Å². The van der Waals surface area contributed by atoms with E-state index in [0.717, 1.165) is 32.1 Å². The van der Waals surface area contributed by atoms with Gasteiger partial charge in [0, 0.05) is 18.3 Å². The van der Waals surface area contributed by atoms with Crippen molar-refractivity contribution in [3.05, 3.63) is 0 Å². The second kappa shape index (κ2) is 7.11. The second-order valence-electron chi connectivity index (χ2n) is 11.1. The molecule has 2 N–H and O–H groups in total. The zero-order chi connectivity index (χ0) is 20.3. The van der Waals surface area contributed by atoms with Crippen molar-refractivity contribution >= 4 is 11.8 Å². The quantitative estimate of drug-likeness (QED) is 0.730. The lowest BCUT2D eigenvalue weighted by Crippen LogP contribution is -2.57. The predicted octanol–water partition coefficient (Wildman–Crippen LogP) is 4.69. The van der Waals surface area contributed by atoms with Crippen LogP contribution in [0.1, 0.15) is 85.0 Å². The number of hydrogen-bond acceptors (Lipinski definition) is 3. The van der Waals surface area contributed by atoms with Crippen molar-refractivity contribution in [3.63, 3.8) is 0 Å². The summed E-state index contributed by atoms with van der Waals surface area (Å²) < 4.78 is 0. The third kappa shape index (κ3) is 2.97. The van der Waals surface area contributed by atoms with Crippen molar-refractivity contribution in [1.29, 1.82) is 0 Å². The summed E-state index contributed by atoms with van der Waals surface area (Å²) in [6.07, 6.45) is 8.96. The lowest BCUT2D eigenvalue weighted by Gasteiger charge is -2.60. The summed E-state index contributed by atoms with van der Waals surface area (Å²) in [6, 6.07) is 0. The number of aliphatic carboxylic acids is 1. The van der Waals surface area contributed by atoms with Crippen LogP contribution in [0.25, 0.3) is 0 Å². The normalized spacial score (nSPS) is 49.1. The second-order valence-corrected chi connectivity index (χ2v) is 11.1. The number of aliphatic hydroxyl groups excluding tert-OH is 1. The highest BCUT2D eigenvalue weighted by Crippen LogP contribution is 2.67. The van der Waals surface area contributed by atoms with Crippen LogP contribution in [0.3, 0.4) is 0 Å². The van der Waals surface area contributed by atoms with Crippen LogP contribution in [0.5, 0.6) is 0 Å². The molecule has 28 heavy (non-hydrogen) atoms. The Morgan fingerprint density at radius 3 is 2.61 bits per heavy atom. The van der Waals surface area contributed by atoms with Gasteiger partial charge in [0.1, 0.15) is 5.78 Å². The summed E-state index contributed by atoms with van der Waals surface area (Å²) >= 11 is 0. The molecule has 0 saturated heterocycles. The Bertz CT molecular complexity index is 645. The molecule has 0 aromatic rings. The minimum absolute atomic E-state index is 0.148. The van der Waals surface area contributed by atoms with Gasteiger partial charge in [0.2, 0.25) is 0 Å². The molecule has 4 aliphatic rings. The van der Waals surface area contributed by atoms with Gasteiger partial charge in [-0.25, -0.2) is 0 Å². The molecule has 0 aromatic heterocycles. The van der Waals surface area contributed by atoms with E-state index in [2.05, 4.69) is 20.8 Å². The van der Waals surface area contributed by atoms with Crippen LogP contribution in [-0.2, 0) is 9.59 Å². The van der Waals surface area contributed by atoms with Crippen molar-refractivity contribution in [3.8, 4) is 0 Å². The first-order valence-corrected chi connectivity index (χ1v) is 11.6. The summed E-state index contributed by atoms with van der Waals surface area (Å²) in [6.45, 7) is 6.81. The molecule has 4 nitrogen and oxygen atoms in total. The van der Waals surface area contributed by atoms with E-state index < -0.39 is 5.97 Å². The summed E-state index contributed by atoms with van der Waals surface area (Å²) in [7, 11) is 0. The SMILES string of the molecule is CC(CCC(=O)O)[C@H]1CCC2C3CC[C@@H]4C[C@H](O)CC[C@]4(C)C3CC(=O)[C@@]21C. The zero-order valence-corrected chi connectivity index (χ0v) is 17.8. The van der Waals surface area contributed by atoms with E-state index in [0.29, 0.717) is 54.1 Å². The van der Waals surface area contributed by atoms with E-state index in [9.17, 15) is 14.7 Å². The Balaban J connectivity index is 1.57. The summed E-state index contributed by atoms with van der Waals surface area (Å²) in [5.41, 5.74) is -0.0391. The standard InChI is InChI=1S/C24H38O4/c1-14(4-9-22(27)28)18-7-8-19-17-6-5-15-12-16(25)10-11-23(15,2)20(17)13-21(26)24(18,19)3/h14-20,25H,4-13H2,1-3H3,(H,27,28)/t14?,15-,16-,17?,18-,19?,20?,23+,24-/m1/s1. The molecule has 0 bridgehead atoms. The molecule has 4 fully saturated rings.